The highest BCUT2D eigenvalue weighted by atomic mass is 16.7. The third kappa shape index (κ3) is 2.18. The molecule has 1 N–H and O–H groups in total. The standard InChI is InChI=1S/C15H18N4O3/c1-18-6-2-3-10(8-18)14-16-17-15(20)19(14)11-4-5-12-13(7-11)22-9-21-12/h4-5,7,10H,2-3,6,8-9H2,1H3,(H,17,20). The van der Waals surface area contributed by atoms with Gasteiger partial charge in [0.05, 0.1) is 5.69 Å². The molecule has 0 spiro atoms. The van der Waals surface area contributed by atoms with Crippen molar-refractivity contribution in [3.8, 4) is 17.2 Å². The first-order valence-electron chi connectivity index (χ1n) is 7.48. The predicted molar refractivity (Wildman–Crippen MR) is 79.8 cm³/mol. The van der Waals surface area contributed by atoms with Crippen LogP contribution in [0.25, 0.3) is 5.69 Å². The Kier molecular flexibility index (Phi) is 3.15. The van der Waals surface area contributed by atoms with E-state index in [0.717, 1.165) is 37.4 Å². The molecule has 1 aromatic carbocycles. The van der Waals surface area contributed by atoms with Gasteiger partial charge < -0.3 is 14.4 Å². The number of nitrogens with zero attached hydrogens (tertiary/aromatic N) is 3. The van der Waals surface area contributed by atoms with Crippen molar-refractivity contribution in [1.29, 1.82) is 0 Å². The average molecular weight is 302 g/mol. The van der Waals surface area contributed by atoms with E-state index in [0.29, 0.717) is 11.5 Å². The Morgan fingerprint density at radius 2 is 2.18 bits per heavy atom. The highest BCUT2D eigenvalue weighted by Gasteiger charge is 2.26. The molecular formula is C15H18N4O3. The van der Waals surface area contributed by atoms with Crippen LogP contribution >= 0.6 is 0 Å². The van der Waals surface area contributed by atoms with Crippen LogP contribution in [0.15, 0.2) is 23.0 Å². The topological polar surface area (TPSA) is 72.4 Å². The molecule has 22 heavy (non-hydrogen) atoms. The molecule has 3 heterocycles. The van der Waals surface area contributed by atoms with Crippen molar-refractivity contribution < 1.29 is 9.47 Å². The largest absolute Gasteiger partial charge is 0.454 e. The van der Waals surface area contributed by atoms with Crippen LogP contribution in [0.5, 0.6) is 11.5 Å². The van der Waals surface area contributed by atoms with E-state index in [1.54, 1.807) is 4.57 Å². The van der Waals surface area contributed by atoms with E-state index in [1.165, 1.54) is 0 Å². The Labute approximate surface area is 127 Å². The number of aromatic nitrogens is 3. The minimum Gasteiger partial charge on any atom is -0.454 e. The van der Waals surface area contributed by atoms with Crippen LogP contribution in [0.1, 0.15) is 24.6 Å². The van der Waals surface area contributed by atoms with Gasteiger partial charge in [-0.05, 0) is 38.6 Å². The van der Waals surface area contributed by atoms with Gasteiger partial charge in [-0.25, -0.2) is 14.5 Å². The number of hydrogen-bond donors (Lipinski definition) is 1. The van der Waals surface area contributed by atoms with Crippen LogP contribution in [-0.4, -0.2) is 46.6 Å². The van der Waals surface area contributed by atoms with Crippen LogP contribution in [0.2, 0.25) is 0 Å². The maximum atomic E-state index is 12.2. The number of fused-ring (bicyclic) bond motifs is 1. The zero-order valence-corrected chi connectivity index (χ0v) is 12.4. The SMILES string of the molecule is CN1CCCC(c2n[nH]c(=O)n2-c2ccc3c(c2)OCO3)C1. The molecule has 0 amide bonds. The second-order valence-corrected chi connectivity index (χ2v) is 5.86. The van der Waals surface area contributed by atoms with Crippen molar-refractivity contribution in [2.75, 3.05) is 26.9 Å². The molecule has 0 aliphatic carbocycles. The van der Waals surface area contributed by atoms with Crippen molar-refractivity contribution in [3.63, 3.8) is 0 Å². The van der Waals surface area contributed by atoms with Crippen molar-refractivity contribution in [3.05, 3.63) is 34.5 Å². The first-order chi connectivity index (χ1) is 10.7. The lowest BCUT2D eigenvalue weighted by molar-refractivity contribution is 0.174. The van der Waals surface area contributed by atoms with Crippen LogP contribution in [-0.2, 0) is 0 Å². The Balaban J connectivity index is 1.75. The van der Waals surface area contributed by atoms with Crippen molar-refractivity contribution >= 4 is 0 Å². The summed E-state index contributed by atoms with van der Waals surface area (Å²) in [7, 11) is 2.10. The first-order valence-corrected chi connectivity index (χ1v) is 7.48. The molecule has 1 unspecified atom stereocenters. The van der Waals surface area contributed by atoms with E-state index < -0.39 is 0 Å². The van der Waals surface area contributed by atoms with E-state index >= 15 is 0 Å². The van der Waals surface area contributed by atoms with E-state index in [1.807, 2.05) is 18.2 Å². The van der Waals surface area contributed by atoms with E-state index in [-0.39, 0.29) is 18.4 Å². The number of ether oxygens (including phenoxy) is 2. The van der Waals surface area contributed by atoms with Gasteiger partial charge in [0.1, 0.15) is 5.82 Å². The zero-order chi connectivity index (χ0) is 15.1. The Morgan fingerprint density at radius 3 is 3.05 bits per heavy atom. The van der Waals surface area contributed by atoms with Gasteiger partial charge in [0.2, 0.25) is 6.79 Å². The summed E-state index contributed by atoms with van der Waals surface area (Å²) in [4.78, 5) is 14.5. The number of likely N-dealkylation sites (N-methyl/N-ethyl adjacent to an activating group) is 1. The fourth-order valence-electron chi connectivity index (χ4n) is 3.23. The highest BCUT2D eigenvalue weighted by molar-refractivity contribution is 5.50. The van der Waals surface area contributed by atoms with E-state index in [9.17, 15) is 4.79 Å². The lowest BCUT2D eigenvalue weighted by Gasteiger charge is -2.29. The summed E-state index contributed by atoms with van der Waals surface area (Å²) in [6, 6.07) is 5.52. The quantitative estimate of drug-likeness (QED) is 0.899. The van der Waals surface area contributed by atoms with Crippen LogP contribution in [0.4, 0.5) is 0 Å². The molecule has 0 radical (unpaired) electrons. The molecule has 2 aliphatic heterocycles. The van der Waals surface area contributed by atoms with Crippen LogP contribution < -0.4 is 15.2 Å². The summed E-state index contributed by atoms with van der Waals surface area (Å²) in [5, 5.41) is 6.85. The first kappa shape index (κ1) is 13.4. The van der Waals surface area contributed by atoms with Gasteiger partial charge in [-0.1, -0.05) is 0 Å². The molecule has 7 nitrogen and oxygen atoms in total. The van der Waals surface area contributed by atoms with Gasteiger partial charge >= 0.3 is 5.69 Å². The number of aromatic amines is 1. The van der Waals surface area contributed by atoms with Gasteiger partial charge in [-0.15, -0.1) is 0 Å². The predicted octanol–water partition coefficient (Wildman–Crippen LogP) is 1.10. The lowest BCUT2D eigenvalue weighted by Crippen LogP contribution is -2.32. The monoisotopic (exact) mass is 302 g/mol. The number of benzene rings is 1. The fourth-order valence-corrected chi connectivity index (χ4v) is 3.23. The third-order valence-electron chi connectivity index (χ3n) is 4.30. The molecule has 1 atom stereocenters. The van der Waals surface area contributed by atoms with Crippen molar-refractivity contribution in [2.24, 2.45) is 0 Å². The average Bonchev–Trinajstić information content (AvgIpc) is 3.12. The van der Waals surface area contributed by atoms with Crippen LogP contribution in [0.3, 0.4) is 0 Å². The molecule has 7 heteroatoms. The molecule has 1 fully saturated rings. The van der Waals surface area contributed by atoms with Crippen LogP contribution in [0, 0.1) is 0 Å². The zero-order valence-electron chi connectivity index (χ0n) is 12.4. The molecule has 1 saturated heterocycles. The van der Waals surface area contributed by atoms with Gasteiger partial charge in [0.15, 0.2) is 11.5 Å². The third-order valence-corrected chi connectivity index (χ3v) is 4.30. The van der Waals surface area contributed by atoms with Gasteiger partial charge in [0, 0.05) is 18.5 Å². The van der Waals surface area contributed by atoms with Crippen molar-refractivity contribution in [2.45, 2.75) is 18.8 Å². The summed E-state index contributed by atoms with van der Waals surface area (Å²) in [5.41, 5.74) is 0.535. The Hall–Kier alpha value is -2.28. The lowest BCUT2D eigenvalue weighted by atomic mass is 9.97. The Bertz CT molecular complexity index is 751. The minimum absolute atomic E-state index is 0.220. The maximum Gasteiger partial charge on any atom is 0.347 e. The molecule has 4 rings (SSSR count). The van der Waals surface area contributed by atoms with E-state index in [2.05, 4.69) is 22.1 Å². The summed E-state index contributed by atoms with van der Waals surface area (Å²) in [6.07, 6.45) is 2.16. The summed E-state index contributed by atoms with van der Waals surface area (Å²) >= 11 is 0. The molecule has 116 valence electrons. The summed E-state index contributed by atoms with van der Waals surface area (Å²) < 4.78 is 12.4. The van der Waals surface area contributed by atoms with E-state index in [4.69, 9.17) is 9.47 Å². The summed E-state index contributed by atoms with van der Waals surface area (Å²) in [5.74, 6) is 2.41. The minimum atomic E-state index is -0.220. The highest BCUT2D eigenvalue weighted by Crippen LogP contribution is 2.34. The smallest absolute Gasteiger partial charge is 0.347 e. The Morgan fingerprint density at radius 1 is 1.32 bits per heavy atom. The van der Waals surface area contributed by atoms with Gasteiger partial charge in [-0.3, -0.25) is 0 Å². The molecule has 0 bridgehead atoms. The number of rotatable bonds is 2. The molecule has 1 aromatic heterocycles. The second kappa shape index (κ2) is 5.17. The maximum absolute atomic E-state index is 12.2. The van der Waals surface area contributed by atoms with Gasteiger partial charge in [-0.2, -0.15) is 5.10 Å². The second-order valence-electron chi connectivity index (χ2n) is 5.86. The number of piperidine rings is 1. The molecule has 0 saturated carbocycles. The number of likely N-dealkylation sites (tertiary alicyclic amines) is 1. The normalized spacial score (nSPS) is 21.2. The van der Waals surface area contributed by atoms with Gasteiger partial charge in [0.25, 0.3) is 0 Å². The number of nitrogens with one attached hydrogen (secondary N) is 1. The van der Waals surface area contributed by atoms with Crippen molar-refractivity contribution in [1.82, 2.24) is 19.7 Å². The molecule has 2 aromatic rings. The molecular weight excluding hydrogens is 284 g/mol. The fraction of sp³-hybridized carbons (Fsp3) is 0.467. The number of hydrogen-bond acceptors (Lipinski definition) is 5. The molecule has 2 aliphatic rings. The summed E-state index contributed by atoms with van der Waals surface area (Å²) in [6.45, 7) is 2.23. The number of H-pyrrole nitrogens is 1.